The lowest BCUT2D eigenvalue weighted by Gasteiger charge is -2.20. The quantitative estimate of drug-likeness (QED) is 0.618. The molecular formula is C12H17NO5. The average Bonchev–Trinajstić information content (AvgIpc) is 2.24. The van der Waals surface area contributed by atoms with E-state index in [1.807, 2.05) is 0 Å². The van der Waals surface area contributed by atoms with Crippen molar-refractivity contribution in [1.29, 1.82) is 0 Å². The fourth-order valence-electron chi connectivity index (χ4n) is 1.36. The van der Waals surface area contributed by atoms with Crippen LogP contribution in [0.4, 0.5) is 5.69 Å². The molecule has 0 saturated heterocycles. The van der Waals surface area contributed by atoms with E-state index in [0.29, 0.717) is 11.3 Å². The van der Waals surface area contributed by atoms with E-state index in [4.69, 9.17) is 4.74 Å². The lowest BCUT2D eigenvalue weighted by molar-refractivity contribution is -0.385. The first-order chi connectivity index (χ1) is 8.20. The number of aliphatic hydroxyl groups excluding tert-OH is 1. The molecule has 1 atom stereocenters. The first-order valence-corrected chi connectivity index (χ1v) is 5.52. The summed E-state index contributed by atoms with van der Waals surface area (Å²) in [6.07, 6.45) is -0.887. The third-order valence-electron chi connectivity index (χ3n) is 2.24. The van der Waals surface area contributed by atoms with Crippen molar-refractivity contribution in [3.8, 4) is 5.75 Å². The third kappa shape index (κ3) is 3.97. The second kappa shape index (κ2) is 5.32. The number of nitrogens with zero attached hydrogens (tertiary/aromatic N) is 1. The highest BCUT2D eigenvalue weighted by atomic mass is 16.6. The van der Waals surface area contributed by atoms with Crippen molar-refractivity contribution in [2.45, 2.75) is 32.5 Å². The molecular weight excluding hydrogens is 238 g/mol. The van der Waals surface area contributed by atoms with Gasteiger partial charge in [-0.05, 0) is 26.8 Å². The molecule has 1 unspecified atom stereocenters. The molecule has 6 nitrogen and oxygen atoms in total. The van der Waals surface area contributed by atoms with Crippen LogP contribution in [0.15, 0.2) is 18.2 Å². The number of nitro groups is 1. The highest BCUT2D eigenvalue weighted by molar-refractivity contribution is 5.44. The van der Waals surface area contributed by atoms with Crippen LogP contribution < -0.4 is 4.74 Å². The molecule has 1 rings (SSSR count). The topological polar surface area (TPSA) is 92.8 Å². The van der Waals surface area contributed by atoms with Crippen molar-refractivity contribution in [3.63, 3.8) is 0 Å². The molecule has 0 amide bonds. The van der Waals surface area contributed by atoms with Crippen LogP contribution in [0.3, 0.4) is 0 Å². The van der Waals surface area contributed by atoms with Crippen molar-refractivity contribution in [1.82, 2.24) is 0 Å². The predicted octanol–water partition coefficient (Wildman–Crippen LogP) is 1.80. The lowest BCUT2D eigenvalue weighted by Crippen LogP contribution is -2.28. The summed E-state index contributed by atoms with van der Waals surface area (Å²) in [5.74, 6) is 0.331. The van der Waals surface area contributed by atoms with Gasteiger partial charge in [-0.2, -0.15) is 0 Å². The summed E-state index contributed by atoms with van der Waals surface area (Å²) in [5.41, 5.74) is -0.799. The van der Waals surface area contributed by atoms with Crippen LogP contribution in [0.25, 0.3) is 0 Å². The minimum Gasteiger partial charge on any atom is -0.490 e. The minimum atomic E-state index is -1.02. The van der Waals surface area contributed by atoms with E-state index < -0.39 is 16.6 Å². The number of non-ortho nitro benzene ring substituents is 1. The second-order valence-corrected chi connectivity index (χ2v) is 4.76. The summed E-state index contributed by atoms with van der Waals surface area (Å²) in [6.45, 7) is 4.70. The SMILES string of the molecule is CC(O)c1cc([N+](=O)[O-])ccc1OCC(C)(C)O. The van der Waals surface area contributed by atoms with Gasteiger partial charge in [-0.1, -0.05) is 0 Å². The van der Waals surface area contributed by atoms with Gasteiger partial charge in [0, 0.05) is 17.7 Å². The second-order valence-electron chi connectivity index (χ2n) is 4.76. The summed E-state index contributed by atoms with van der Waals surface area (Å²) < 4.78 is 5.37. The van der Waals surface area contributed by atoms with E-state index >= 15 is 0 Å². The van der Waals surface area contributed by atoms with Gasteiger partial charge in [0.2, 0.25) is 0 Å². The van der Waals surface area contributed by atoms with E-state index in [0.717, 1.165) is 0 Å². The first kappa shape index (κ1) is 14.4. The van der Waals surface area contributed by atoms with Gasteiger partial charge in [-0.25, -0.2) is 0 Å². The lowest BCUT2D eigenvalue weighted by atomic mass is 10.1. The molecule has 2 N–H and O–H groups in total. The van der Waals surface area contributed by atoms with Crippen LogP contribution in [0.2, 0.25) is 0 Å². The molecule has 0 spiro atoms. The molecule has 1 aromatic rings. The highest BCUT2D eigenvalue weighted by Crippen LogP contribution is 2.29. The maximum absolute atomic E-state index is 10.6. The van der Waals surface area contributed by atoms with Gasteiger partial charge in [0.05, 0.1) is 16.6 Å². The Labute approximate surface area is 105 Å². The maximum atomic E-state index is 10.6. The Morgan fingerprint density at radius 3 is 2.56 bits per heavy atom. The summed E-state index contributed by atoms with van der Waals surface area (Å²) in [7, 11) is 0. The van der Waals surface area contributed by atoms with E-state index in [-0.39, 0.29) is 12.3 Å². The molecule has 1 aromatic carbocycles. The highest BCUT2D eigenvalue weighted by Gasteiger charge is 2.18. The molecule has 100 valence electrons. The van der Waals surface area contributed by atoms with Crippen LogP contribution in [0.1, 0.15) is 32.4 Å². The van der Waals surface area contributed by atoms with Gasteiger partial charge in [0.15, 0.2) is 0 Å². The Morgan fingerprint density at radius 2 is 2.11 bits per heavy atom. The van der Waals surface area contributed by atoms with Gasteiger partial charge >= 0.3 is 0 Å². The van der Waals surface area contributed by atoms with Crippen LogP contribution in [-0.2, 0) is 0 Å². The Balaban J connectivity index is 3.01. The largest absolute Gasteiger partial charge is 0.490 e. The molecule has 0 aromatic heterocycles. The van der Waals surface area contributed by atoms with Crippen molar-refractivity contribution < 1.29 is 19.9 Å². The molecule has 0 radical (unpaired) electrons. The van der Waals surface area contributed by atoms with Crippen molar-refractivity contribution in [2.75, 3.05) is 6.61 Å². The molecule has 0 saturated carbocycles. The van der Waals surface area contributed by atoms with Gasteiger partial charge in [-0.15, -0.1) is 0 Å². The number of nitro benzene ring substituents is 1. The Kier molecular flexibility index (Phi) is 4.26. The van der Waals surface area contributed by atoms with Gasteiger partial charge in [0.1, 0.15) is 12.4 Å². The van der Waals surface area contributed by atoms with Crippen LogP contribution in [0.5, 0.6) is 5.75 Å². The zero-order valence-electron chi connectivity index (χ0n) is 10.6. The normalized spacial score (nSPS) is 13.2. The fourth-order valence-corrected chi connectivity index (χ4v) is 1.36. The third-order valence-corrected chi connectivity index (χ3v) is 2.24. The summed E-state index contributed by atoms with van der Waals surface area (Å²) >= 11 is 0. The maximum Gasteiger partial charge on any atom is 0.270 e. The molecule has 0 heterocycles. The first-order valence-electron chi connectivity index (χ1n) is 5.52. The number of ether oxygens (including phenoxy) is 1. The Bertz CT molecular complexity index is 437. The molecule has 6 heteroatoms. The standard InChI is InChI=1S/C12H17NO5/c1-8(14)10-6-9(13(16)17)4-5-11(10)18-7-12(2,3)15/h4-6,8,14-15H,7H2,1-3H3. The zero-order chi connectivity index (χ0) is 13.9. The number of rotatable bonds is 5. The molecule has 0 aliphatic rings. The zero-order valence-corrected chi connectivity index (χ0v) is 10.6. The molecule has 0 aliphatic carbocycles. The van der Waals surface area contributed by atoms with Crippen molar-refractivity contribution >= 4 is 5.69 Å². The van der Waals surface area contributed by atoms with Crippen molar-refractivity contribution in [2.24, 2.45) is 0 Å². The monoisotopic (exact) mass is 255 g/mol. The van der Waals surface area contributed by atoms with Crippen LogP contribution in [-0.4, -0.2) is 27.3 Å². The summed E-state index contributed by atoms with van der Waals surface area (Å²) in [4.78, 5) is 10.1. The fraction of sp³-hybridized carbons (Fsp3) is 0.500. The van der Waals surface area contributed by atoms with Crippen LogP contribution >= 0.6 is 0 Å². The average molecular weight is 255 g/mol. The van der Waals surface area contributed by atoms with E-state index in [1.54, 1.807) is 13.8 Å². The number of hydrogen-bond donors (Lipinski definition) is 2. The van der Waals surface area contributed by atoms with E-state index in [1.165, 1.54) is 25.1 Å². The van der Waals surface area contributed by atoms with E-state index in [2.05, 4.69) is 0 Å². The Hall–Kier alpha value is -1.66. The molecule has 0 aliphatic heterocycles. The van der Waals surface area contributed by atoms with Gasteiger partial charge in [-0.3, -0.25) is 10.1 Å². The number of benzene rings is 1. The summed E-state index contributed by atoms with van der Waals surface area (Å²) in [6, 6.07) is 3.99. The van der Waals surface area contributed by atoms with E-state index in [9.17, 15) is 20.3 Å². The van der Waals surface area contributed by atoms with Gasteiger partial charge in [0.25, 0.3) is 5.69 Å². The predicted molar refractivity (Wildman–Crippen MR) is 65.5 cm³/mol. The number of aliphatic hydroxyl groups is 2. The smallest absolute Gasteiger partial charge is 0.270 e. The number of hydrogen-bond acceptors (Lipinski definition) is 5. The van der Waals surface area contributed by atoms with Crippen LogP contribution in [0, 0.1) is 10.1 Å². The van der Waals surface area contributed by atoms with Crippen molar-refractivity contribution in [3.05, 3.63) is 33.9 Å². The molecule has 0 fully saturated rings. The van der Waals surface area contributed by atoms with Gasteiger partial charge < -0.3 is 14.9 Å². The molecule has 18 heavy (non-hydrogen) atoms. The summed E-state index contributed by atoms with van der Waals surface area (Å²) in [5, 5.41) is 29.8. The molecule has 0 bridgehead atoms. The Morgan fingerprint density at radius 1 is 1.50 bits per heavy atom. The minimum absolute atomic E-state index is 0.0323.